The molecule has 0 aromatic heterocycles. The van der Waals surface area contributed by atoms with Crippen molar-refractivity contribution in [1.82, 2.24) is 0 Å². The van der Waals surface area contributed by atoms with Crippen molar-refractivity contribution < 1.29 is 0 Å². The van der Waals surface area contributed by atoms with E-state index >= 15 is 0 Å². The number of fused-ring (bicyclic) bond motifs is 4. The number of benzene rings is 9. The van der Waals surface area contributed by atoms with E-state index in [-0.39, 0.29) is 5.41 Å². The fourth-order valence-corrected chi connectivity index (χ4v) is 8.89. The Morgan fingerprint density at radius 2 is 0.911 bits per heavy atom. The summed E-state index contributed by atoms with van der Waals surface area (Å²) in [5, 5.41) is 2.49. The molecule has 0 fully saturated rings. The molecule has 0 heterocycles. The molecule has 1 aliphatic carbocycles. The molecule has 0 N–H and O–H groups in total. The Labute approximate surface area is 329 Å². The lowest BCUT2D eigenvalue weighted by atomic mass is 9.81. The molecule has 0 bridgehead atoms. The maximum atomic E-state index is 2.46. The lowest BCUT2D eigenvalue weighted by Crippen LogP contribution is -2.17. The molecule has 1 aliphatic rings. The van der Waals surface area contributed by atoms with Gasteiger partial charge in [-0.25, -0.2) is 0 Å². The van der Waals surface area contributed by atoms with E-state index in [1.807, 2.05) is 0 Å². The maximum Gasteiger partial charge on any atom is 0.0540 e. The number of para-hydroxylation sites is 1. The summed E-state index contributed by atoms with van der Waals surface area (Å²) in [5.41, 5.74) is 18.3. The highest BCUT2D eigenvalue weighted by Gasteiger charge is 2.37. The van der Waals surface area contributed by atoms with Gasteiger partial charge in [-0.1, -0.05) is 184 Å². The second-order valence-electron chi connectivity index (χ2n) is 15.3. The number of hydrogen-bond donors (Lipinski definition) is 0. The van der Waals surface area contributed by atoms with E-state index in [4.69, 9.17) is 0 Å². The Bertz CT molecular complexity index is 2870. The van der Waals surface area contributed by atoms with E-state index in [9.17, 15) is 0 Å². The molecule has 0 spiro atoms. The minimum absolute atomic E-state index is 0.184. The third-order valence-electron chi connectivity index (χ3n) is 11.6. The summed E-state index contributed by atoms with van der Waals surface area (Å²) in [7, 11) is 0. The van der Waals surface area contributed by atoms with Gasteiger partial charge in [0.1, 0.15) is 0 Å². The predicted octanol–water partition coefficient (Wildman–Crippen LogP) is 15.3. The Morgan fingerprint density at radius 1 is 0.339 bits per heavy atom. The van der Waals surface area contributed by atoms with Crippen molar-refractivity contribution in [1.29, 1.82) is 0 Å². The lowest BCUT2D eigenvalue weighted by Gasteiger charge is -2.30. The van der Waals surface area contributed by atoms with E-state index in [2.05, 4.69) is 231 Å². The summed E-state index contributed by atoms with van der Waals surface area (Å²) in [6.45, 7) is 4.76. The van der Waals surface area contributed by atoms with Crippen molar-refractivity contribution in [3.8, 4) is 55.6 Å². The van der Waals surface area contributed by atoms with Gasteiger partial charge in [-0.05, 0) is 114 Å². The standard InChI is InChI=1S/C55H41N/c1-55(2)51-30-17-29-48(39-20-8-4-9-21-39)54(51)49-33-32-45(37-52(49)55)56(53-31-15-14-28-47(53)38-18-6-3-7-19-38)44-26-16-25-41(35-44)43-34-42-24-12-13-27-46(42)50(36-43)40-22-10-5-11-23-40/h3-37H,1-2H3. The number of rotatable bonds is 7. The molecule has 9 aromatic rings. The SMILES string of the molecule is CC1(C)c2cc(N(c3cccc(-c4cc(-c5ccccc5)c5ccccc5c4)c3)c3ccccc3-c3ccccc3)ccc2-c2c(-c3ccccc3)cccc21. The van der Waals surface area contributed by atoms with Crippen molar-refractivity contribution in [2.75, 3.05) is 4.90 Å². The Balaban J connectivity index is 1.17. The molecule has 1 heteroatoms. The molecule has 0 radical (unpaired) electrons. The molecule has 56 heavy (non-hydrogen) atoms. The van der Waals surface area contributed by atoms with Crippen LogP contribution in [0.5, 0.6) is 0 Å². The van der Waals surface area contributed by atoms with Gasteiger partial charge in [-0.3, -0.25) is 0 Å². The van der Waals surface area contributed by atoms with Crippen LogP contribution in [0.1, 0.15) is 25.0 Å². The van der Waals surface area contributed by atoms with E-state index in [0.29, 0.717) is 0 Å². The number of anilines is 3. The fourth-order valence-electron chi connectivity index (χ4n) is 8.89. The van der Waals surface area contributed by atoms with Gasteiger partial charge in [-0.2, -0.15) is 0 Å². The molecule has 0 atom stereocenters. The average Bonchev–Trinajstić information content (AvgIpc) is 3.50. The molecule has 0 saturated heterocycles. The van der Waals surface area contributed by atoms with Crippen LogP contribution in [0.25, 0.3) is 66.4 Å². The first-order valence-electron chi connectivity index (χ1n) is 19.5. The van der Waals surface area contributed by atoms with Crippen molar-refractivity contribution in [2.24, 2.45) is 0 Å². The first kappa shape index (κ1) is 33.6. The van der Waals surface area contributed by atoms with Gasteiger partial charge in [0.2, 0.25) is 0 Å². The van der Waals surface area contributed by atoms with Crippen molar-refractivity contribution in [3.05, 3.63) is 223 Å². The zero-order valence-corrected chi connectivity index (χ0v) is 31.7. The highest BCUT2D eigenvalue weighted by molar-refractivity contribution is 6.01. The maximum absolute atomic E-state index is 2.46. The minimum atomic E-state index is -0.184. The van der Waals surface area contributed by atoms with Crippen LogP contribution >= 0.6 is 0 Å². The number of nitrogens with zero attached hydrogens (tertiary/aromatic N) is 1. The van der Waals surface area contributed by atoms with E-state index < -0.39 is 0 Å². The zero-order valence-electron chi connectivity index (χ0n) is 31.7. The van der Waals surface area contributed by atoms with Gasteiger partial charge < -0.3 is 4.90 Å². The quantitative estimate of drug-likeness (QED) is 0.159. The normalized spacial score (nSPS) is 12.6. The van der Waals surface area contributed by atoms with Crippen molar-refractivity contribution in [2.45, 2.75) is 19.3 Å². The summed E-state index contributed by atoms with van der Waals surface area (Å²) in [4.78, 5) is 2.46. The second kappa shape index (κ2) is 13.7. The van der Waals surface area contributed by atoms with Crippen LogP contribution in [0.4, 0.5) is 17.1 Å². The molecule has 0 amide bonds. The molecule has 0 unspecified atom stereocenters. The topological polar surface area (TPSA) is 3.24 Å². The zero-order chi connectivity index (χ0) is 37.6. The summed E-state index contributed by atoms with van der Waals surface area (Å²) in [6, 6.07) is 77.6. The summed E-state index contributed by atoms with van der Waals surface area (Å²) in [5.74, 6) is 0. The van der Waals surface area contributed by atoms with Crippen molar-refractivity contribution in [3.63, 3.8) is 0 Å². The Morgan fingerprint density at radius 3 is 1.66 bits per heavy atom. The summed E-state index contributed by atoms with van der Waals surface area (Å²) in [6.07, 6.45) is 0. The van der Waals surface area contributed by atoms with E-state index in [1.165, 1.54) is 77.5 Å². The van der Waals surface area contributed by atoms with Gasteiger partial charge in [0.25, 0.3) is 0 Å². The summed E-state index contributed by atoms with van der Waals surface area (Å²) < 4.78 is 0. The van der Waals surface area contributed by atoms with Crippen LogP contribution in [-0.4, -0.2) is 0 Å². The predicted molar refractivity (Wildman–Crippen MR) is 238 cm³/mol. The fraction of sp³-hybridized carbons (Fsp3) is 0.0545. The Hall–Kier alpha value is -6.96. The van der Waals surface area contributed by atoms with Gasteiger partial charge >= 0.3 is 0 Å². The first-order valence-corrected chi connectivity index (χ1v) is 19.5. The van der Waals surface area contributed by atoms with Gasteiger partial charge in [0, 0.05) is 22.4 Å². The largest absolute Gasteiger partial charge is 0.310 e. The van der Waals surface area contributed by atoms with Crippen LogP contribution in [0.15, 0.2) is 212 Å². The van der Waals surface area contributed by atoms with Crippen molar-refractivity contribution >= 4 is 27.8 Å². The lowest BCUT2D eigenvalue weighted by molar-refractivity contribution is 0.660. The van der Waals surface area contributed by atoms with Gasteiger partial charge in [-0.15, -0.1) is 0 Å². The molecular formula is C55H41N. The third-order valence-corrected chi connectivity index (χ3v) is 11.6. The van der Waals surface area contributed by atoms with E-state index in [0.717, 1.165) is 17.1 Å². The molecule has 10 rings (SSSR count). The van der Waals surface area contributed by atoms with Crippen LogP contribution in [0.2, 0.25) is 0 Å². The highest BCUT2D eigenvalue weighted by Crippen LogP contribution is 2.54. The molecule has 9 aromatic carbocycles. The molecule has 0 saturated carbocycles. The average molecular weight is 716 g/mol. The Kier molecular flexibility index (Phi) is 8.23. The molecule has 1 nitrogen and oxygen atoms in total. The summed E-state index contributed by atoms with van der Waals surface area (Å²) >= 11 is 0. The number of hydrogen-bond acceptors (Lipinski definition) is 1. The molecule has 0 aliphatic heterocycles. The van der Waals surface area contributed by atoms with Crippen LogP contribution in [0, 0.1) is 0 Å². The van der Waals surface area contributed by atoms with Gasteiger partial charge in [0.05, 0.1) is 5.69 Å². The first-order chi connectivity index (χ1) is 27.5. The van der Waals surface area contributed by atoms with Gasteiger partial charge in [0.15, 0.2) is 0 Å². The molecule has 266 valence electrons. The minimum Gasteiger partial charge on any atom is -0.310 e. The van der Waals surface area contributed by atoms with Crippen LogP contribution in [-0.2, 0) is 5.41 Å². The smallest absolute Gasteiger partial charge is 0.0540 e. The van der Waals surface area contributed by atoms with Crippen LogP contribution < -0.4 is 4.90 Å². The third kappa shape index (κ3) is 5.72. The van der Waals surface area contributed by atoms with E-state index in [1.54, 1.807) is 0 Å². The molecular weight excluding hydrogens is 675 g/mol. The highest BCUT2D eigenvalue weighted by atomic mass is 15.1. The second-order valence-corrected chi connectivity index (χ2v) is 15.3. The monoisotopic (exact) mass is 715 g/mol. The van der Waals surface area contributed by atoms with Crippen LogP contribution in [0.3, 0.4) is 0 Å².